The van der Waals surface area contributed by atoms with Gasteiger partial charge in [-0.05, 0) is 24.4 Å². The molecule has 0 amide bonds. The number of hydrogen-bond donors (Lipinski definition) is 2. The standard InChI is InChI=1S/C13H13N5OS/c1-8-3-2-4-11(19)18(8)7-10-15-12(17-14)9-5-6-20-13(9)16-10/h2-6H,7,14H2,1H3,(H,15,16,17). The van der Waals surface area contributed by atoms with Gasteiger partial charge in [-0.1, -0.05) is 6.07 Å². The Morgan fingerprint density at radius 1 is 1.35 bits per heavy atom. The van der Waals surface area contributed by atoms with Crippen molar-refractivity contribution >= 4 is 27.4 Å². The van der Waals surface area contributed by atoms with Gasteiger partial charge in [-0.25, -0.2) is 15.8 Å². The summed E-state index contributed by atoms with van der Waals surface area (Å²) in [4.78, 5) is 21.6. The number of hydrazine groups is 1. The number of anilines is 1. The third-order valence-electron chi connectivity index (χ3n) is 3.08. The van der Waals surface area contributed by atoms with E-state index in [1.54, 1.807) is 10.6 Å². The molecule has 0 unspecified atom stereocenters. The molecule has 102 valence electrons. The normalized spacial score (nSPS) is 10.9. The summed E-state index contributed by atoms with van der Waals surface area (Å²) in [5.74, 6) is 6.63. The molecular weight excluding hydrogens is 274 g/mol. The molecule has 0 spiro atoms. The van der Waals surface area contributed by atoms with E-state index in [0.29, 0.717) is 18.2 Å². The number of aryl methyl sites for hydroxylation is 1. The quantitative estimate of drug-likeness (QED) is 0.563. The van der Waals surface area contributed by atoms with E-state index in [9.17, 15) is 4.79 Å². The van der Waals surface area contributed by atoms with Crippen molar-refractivity contribution in [1.82, 2.24) is 14.5 Å². The van der Waals surface area contributed by atoms with Crippen molar-refractivity contribution in [3.8, 4) is 0 Å². The fraction of sp³-hybridized carbons (Fsp3) is 0.154. The number of aromatic nitrogens is 3. The molecule has 3 aromatic heterocycles. The summed E-state index contributed by atoms with van der Waals surface area (Å²) < 4.78 is 1.63. The smallest absolute Gasteiger partial charge is 0.251 e. The zero-order chi connectivity index (χ0) is 14.1. The van der Waals surface area contributed by atoms with Crippen LogP contribution in [0.25, 0.3) is 10.2 Å². The zero-order valence-electron chi connectivity index (χ0n) is 10.8. The lowest BCUT2D eigenvalue weighted by atomic mass is 10.3. The maximum atomic E-state index is 11.9. The summed E-state index contributed by atoms with van der Waals surface area (Å²) in [7, 11) is 0. The van der Waals surface area contributed by atoms with Gasteiger partial charge in [0.25, 0.3) is 5.56 Å². The van der Waals surface area contributed by atoms with Gasteiger partial charge in [0.1, 0.15) is 4.83 Å². The van der Waals surface area contributed by atoms with Crippen LogP contribution in [0.4, 0.5) is 5.82 Å². The average molecular weight is 287 g/mol. The van der Waals surface area contributed by atoms with Crippen LogP contribution >= 0.6 is 11.3 Å². The van der Waals surface area contributed by atoms with E-state index in [-0.39, 0.29) is 5.56 Å². The summed E-state index contributed by atoms with van der Waals surface area (Å²) in [6.45, 7) is 2.21. The van der Waals surface area contributed by atoms with Crippen LogP contribution in [0.5, 0.6) is 0 Å². The van der Waals surface area contributed by atoms with E-state index >= 15 is 0 Å². The van der Waals surface area contributed by atoms with Crippen molar-refractivity contribution in [3.05, 3.63) is 51.5 Å². The summed E-state index contributed by atoms with van der Waals surface area (Å²) in [5.41, 5.74) is 3.38. The number of fused-ring (bicyclic) bond motifs is 1. The number of nitrogen functional groups attached to an aromatic ring is 1. The Kier molecular flexibility index (Phi) is 3.21. The van der Waals surface area contributed by atoms with E-state index in [4.69, 9.17) is 5.84 Å². The maximum Gasteiger partial charge on any atom is 0.251 e. The van der Waals surface area contributed by atoms with Crippen LogP contribution < -0.4 is 16.8 Å². The molecule has 0 aliphatic carbocycles. The van der Waals surface area contributed by atoms with Crippen molar-refractivity contribution in [3.63, 3.8) is 0 Å². The van der Waals surface area contributed by atoms with Crippen LogP contribution in [-0.2, 0) is 6.54 Å². The number of thiophene rings is 1. The van der Waals surface area contributed by atoms with Gasteiger partial charge in [0.15, 0.2) is 11.6 Å². The molecule has 3 N–H and O–H groups in total. The Morgan fingerprint density at radius 3 is 2.95 bits per heavy atom. The first-order chi connectivity index (χ1) is 9.69. The van der Waals surface area contributed by atoms with Crippen molar-refractivity contribution < 1.29 is 0 Å². The van der Waals surface area contributed by atoms with Gasteiger partial charge < -0.3 is 9.99 Å². The predicted octanol–water partition coefficient (Wildman–Crippen LogP) is 1.50. The molecule has 6 nitrogen and oxygen atoms in total. The van der Waals surface area contributed by atoms with Crippen LogP contribution in [0, 0.1) is 6.92 Å². The number of nitrogens with one attached hydrogen (secondary N) is 1. The maximum absolute atomic E-state index is 11.9. The van der Waals surface area contributed by atoms with Gasteiger partial charge in [0, 0.05) is 11.8 Å². The number of hydrogen-bond acceptors (Lipinski definition) is 6. The number of rotatable bonds is 3. The van der Waals surface area contributed by atoms with Crippen molar-refractivity contribution in [2.24, 2.45) is 5.84 Å². The number of pyridine rings is 1. The molecule has 3 heterocycles. The predicted molar refractivity (Wildman–Crippen MR) is 79.8 cm³/mol. The van der Waals surface area contributed by atoms with E-state index in [1.807, 2.05) is 24.4 Å². The van der Waals surface area contributed by atoms with Crippen LogP contribution in [0.1, 0.15) is 11.5 Å². The highest BCUT2D eigenvalue weighted by atomic mass is 32.1. The Labute approximate surface area is 118 Å². The fourth-order valence-corrected chi connectivity index (χ4v) is 2.83. The van der Waals surface area contributed by atoms with Crippen LogP contribution in [0.2, 0.25) is 0 Å². The lowest BCUT2D eigenvalue weighted by Gasteiger charge is -2.09. The molecule has 0 aliphatic rings. The van der Waals surface area contributed by atoms with Gasteiger partial charge >= 0.3 is 0 Å². The first-order valence-corrected chi connectivity index (χ1v) is 6.94. The summed E-state index contributed by atoms with van der Waals surface area (Å²) in [6, 6.07) is 7.06. The largest absolute Gasteiger partial charge is 0.308 e. The van der Waals surface area contributed by atoms with E-state index in [0.717, 1.165) is 15.9 Å². The first-order valence-electron chi connectivity index (χ1n) is 6.06. The lowest BCUT2D eigenvalue weighted by molar-refractivity contribution is 0.696. The van der Waals surface area contributed by atoms with Crippen LogP contribution in [0.15, 0.2) is 34.4 Å². The summed E-state index contributed by atoms with van der Waals surface area (Å²) in [6.07, 6.45) is 0. The molecule has 3 aromatic rings. The Balaban J connectivity index is 2.09. The minimum Gasteiger partial charge on any atom is -0.308 e. The first kappa shape index (κ1) is 12.8. The van der Waals surface area contributed by atoms with Crippen LogP contribution in [0.3, 0.4) is 0 Å². The topological polar surface area (TPSA) is 85.8 Å². The van der Waals surface area contributed by atoms with Crippen molar-refractivity contribution in [2.75, 3.05) is 5.43 Å². The third kappa shape index (κ3) is 2.17. The van der Waals surface area contributed by atoms with Crippen molar-refractivity contribution in [1.29, 1.82) is 0 Å². The molecular formula is C13H13N5OS. The zero-order valence-corrected chi connectivity index (χ0v) is 11.6. The van der Waals surface area contributed by atoms with Gasteiger partial charge in [-0.3, -0.25) is 4.79 Å². The second-order valence-corrected chi connectivity index (χ2v) is 5.26. The molecule has 0 saturated carbocycles. The summed E-state index contributed by atoms with van der Waals surface area (Å²) >= 11 is 1.52. The van der Waals surface area contributed by atoms with E-state index in [2.05, 4.69) is 15.4 Å². The number of nitrogens with zero attached hydrogens (tertiary/aromatic N) is 3. The molecule has 0 radical (unpaired) electrons. The molecule has 0 saturated heterocycles. The van der Waals surface area contributed by atoms with Crippen molar-refractivity contribution in [2.45, 2.75) is 13.5 Å². The second kappa shape index (κ2) is 5.03. The lowest BCUT2D eigenvalue weighted by Crippen LogP contribution is -2.23. The fourth-order valence-electron chi connectivity index (χ4n) is 2.05. The molecule has 3 rings (SSSR count). The van der Waals surface area contributed by atoms with Crippen LogP contribution in [-0.4, -0.2) is 14.5 Å². The molecule has 7 heteroatoms. The molecule has 0 bridgehead atoms. The molecule has 0 aromatic carbocycles. The van der Waals surface area contributed by atoms with E-state index in [1.165, 1.54) is 17.4 Å². The third-order valence-corrected chi connectivity index (χ3v) is 3.88. The minimum absolute atomic E-state index is 0.0675. The monoisotopic (exact) mass is 287 g/mol. The Bertz CT molecular complexity index is 823. The minimum atomic E-state index is -0.0675. The molecule has 0 atom stereocenters. The van der Waals surface area contributed by atoms with Gasteiger partial charge in [0.05, 0.1) is 11.9 Å². The second-order valence-electron chi connectivity index (χ2n) is 4.36. The highest BCUT2D eigenvalue weighted by Gasteiger charge is 2.09. The molecule has 0 fully saturated rings. The SMILES string of the molecule is Cc1cccc(=O)n1Cc1nc(NN)c2ccsc2n1. The Hall–Kier alpha value is -2.25. The highest BCUT2D eigenvalue weighted by molar-refractivity contribution is 7.16. The van der Waals surface area contributed by atoms with Gasteiger partial charge in [-0.2, -0.15) is 0 Å². The molecule has 20 heavy (non-hydrogen) atoms. The number of nitrogens with two attached hydrogens (primary N) is 1. The highest BCUT2D eigenvalue weighted by Crippen LogP contribution is 2.24. The summed E-state index contributed by atoms with van der Waals surface area (Å²) in [5, 5.41) is 2.82. The van der Waals surface area contributed by atoms with E-state index < -0.39 is 0 Å². The van der Waals surface area contributed by atoms with Gasteiger partial charge in [0.2, 0.25) is 0 Å². The average Bonchev–Trinajstić information content (AvgIpc) is 2.90. The Morgan fingerprint density at radius 2 is 2.20 bits per heavy atom. The molecule has 0 aliphatic heterocycles. The van der Waals surface area contributed by atoms with Gasteiger partial charge in [-0.15, -0.1) is 11.3 Å².